The Morgan fingerprint density at radius 2 is 1.93 bits per heavy atom. The Kier molecular flexibility index (Phi) is 6.16. The number of methoxy groups -OCH3 is 1. The standard InChI is InChI=1S/C19H27N3O4S/c1-12-4-5-14-15(10-12)27-18(17(14)19(25)26-3)20-16(24)11-21-6-8-22(9-7-21)13(2)23/h12H,4-11H2,1-3H3,(H,20,24)/t12-/m1/s1. The van der Waals surface area contributed by atoms with Crippen LogP contribution in [0.2, 0.25) is 0 Å². The number of carbonyl (C=O) groups excluding carboxylic acids is 3. The van der Waals surface area contributed by atoms with Crippen LogP contribution in [0.15, 0.2) is 0 Å². The summed E-state index contributed by atoms with van der Waals surface area (Å²) in [5.74, 6) is 0.137. The number of thiophene rings is 1. The number of nitrogens with one attached hydrogen (secondary N) is 1. The van der Waals surface area contributed by atoms with Gasteiger partial charge in [0.15, 0.2) is 0 Å². The number of hydrogen-bond donors (Lipinski definition) is 1. The Morgan fingerprint density at radius 3 is 2.56 bits per heavy atom. The number of nitrogens with zero attached hydrogens (tertiary/aromatic N) is 2. The molecule has 0 unspecified atom stereocenters. The number of ether oxygens (including phenoxy) is 1. The summed E-state index contributed by atoms with van der Waals surface area (Å²) < 4.78 is 4.96. The summed E-state index contributed by atoms with van der Waals surface area (Å²) in [5.41, 5.74) is 1.56. The van der Waals surface area contributed by atoms with Gasteiger partial charge in [0.25, 0.3) is 0 Å². The van der Waals surface area contributed by atoms with E-state index < -0.39 is 0 Å². The number of amides is 2. The summed E-state index contributed by atoms with van der Waals surface area (Å²) in [6.45, 7) is 6.66. The van der Waals surface area contributed by atoms with Crippen molar-refractivity contribution in [1.29, 1.82) is 0 Å². The number of rotatable bonds is 4. The van der Waals surface area contributed by atoms with Gasteiger partial charge in [-0.2, -0.15) is 0 Å². The number of piperazine rings is 1. The van der Waals surface area contributed by atoms with E-state index in [9.17, 15) is 14.4 Å². The van der Waals surface area contributed by atoms with Crippen molar-refractivity contribution in [2.45, 2.75) is 33.1 Å². The fourth-order valence-electron chi connectivity index (χ4n) is 3.75. The second-order valence-corrected chi connectivity index (χ2v) is 8.48. The summed E-state index contributed by atoms with van der Waals surface area (Å²) in [4.78, 5) is 41.3. The van der Waals surface area contributed by atoms with E-state index in [4.69, 9.17) is 4.74 Å². The van der Waals surface area contributed by atoms with E-state index in [-0.39, 0.29) is 24.3 Å². The zero-order valence-electron chi connectivity index (χ0n) is 16.2. The Bertz CT molecular complexity index is 738. The quantitative estimate of drug-likeness (QED) is 0.789. The average molecular weight is 394 g/mol. The van der Waals surface area contributed by atoms with Crippen LogP contribution in [0, 0.1) is 5.92 Å². The normalized spacial score (nSPS) is 20.1. The third-order valence-corrected chi connectivity index (χ3v) is 6.51. The lowest BCUT2D eigenvalue weighted by molar-refractivity contribution is -0.130. The maximum absolute atomic E-state index is 12.6. The average Bonchev–Trinajstić information content (AvgIpc) is 2.98. The van der Waals surface area contributed by atoms with Gasteiger partial charge in [-0.15, -0.1) is 11.3 Å². The Morgan fingerprint density at radius 1 is 1.22 bits per heavy atom. The van der Waals surface area contributed by atoms with Crippen molar-refractivity contribution in [3.8, 4) is 0 Å². The van der Waals surface area contributed by atoms with Crippen molar-refractivity contribution in [3.05, 3.63) is 16.0 Å². The fraction of sp³-hybridized carbons (Fsp3) is 0.632. The van der Waals surface area contributed by atoms with Crippen LogP contribution in [0.5, 0.6) is 0 Å². The van der Waals surface area contributed by atoms with Crippen LogP contribution in [-0.2, 0) is 27.2 Å². The van der Waals surface area contributed by atoms with Gasteiger partial charge in [-0.3, -0.25) is 14.5 Å². The molecule has 0 saturated carbocycles. The molecule has 1 atom stereocenters. The lowest BCUT2D eigenvalue weighted by atomic mass is 9.88. The number of hydrogen-bond acceptors (Lipinski definition) is 6. The first-order chi connectivity index (χ1) is 12.9. The lowest BCUT2D eigenvalue weighted by Crippen LogP contribution is -2.49. The molecule has 0 aromatic carbocycles. The van der Waals surface area contributed by atoms with E-state index in [1.165, 1.54) is 23.3 Å². The number of carbonyl (C=O) groups is 3. The van der Waals surface area contributed by atoms with E-state index in [0.29, 0.717) is 42.7 Å². The van der Waals surface area contributed by atoms with Gasteiger partial charge in [-0.05, 0) is 30.7 Å². The Labute approximate surface area is 163 Å². The smallest absolute Gasteiger partial charge is 0.341 e. The zero-order chi connectivity index (χ0) is 19.6. The molecule has 2 heterocycles. The molecule has 0 spiro atoms. The van der Waals surface area contributed by atoms with Crippen molar-refractivity contribution >= 4 is 34.1 Å². The van der Waals surface area contributed by atoms with Gasteiger partial charge >= 0.3 is 5.97 Å². The molecule has 27 heavy (non-hydrogen) atoms. The minimum Gasteiger partial charge on any atom is -0.465 e. The van der Waals surface area contributed by atoms with Crippen LogP contribution >= 0.6 is 11.3 Å². The maximum Gasteiger partial charge on any atom is 0.341 e. The molecule has 0 radical (unpaired) electrons. The van der Waals surface area contributed by atoms with E-state index >= 15 is 0 Å². The van der Waals surface area contributed by atoms with Crippen LogP contribution in [0.3, 0.4) is 0 Å². The minimum atomic E-state index is -0.382. The molecule has 1 N–H and O–H groups in total. The second-order valence-electron chi connectivity index (χ2n) is 7.38. The van der Waals surface area contributed by atoms with Crippen molar-refractivity contribution in [2.24, 2.45) is 5.92 Å². The first-order valence-corrected chi connectivity index (χ1v) is 10.2. The van der Waals surface area contributed by atoms with Gasteiger partial charge in [-0.1, -0.05) is 6.92 Å². The Balaban J connectivity index is 1.67. The third kappa shape index (κ3) is 4.50. The highest BCUT2D eigenvalue weighted by molar-refractivity contribution is 7.17. The molecular formula is C19H27N3O4S. The highest BCUT2D eigenvalue weighted by Gasteiger charge is 2.29. The summed E-state index contributed by atoms with van der Waals surface area (Å²) >= 11 is 1.50. The van der Waals surface area contributed by atoms with Crippen LogP contribution in [0.1, 0.15) is 41.1 Å². The number of anilines is 1. The van der Waals surface area contributed by atoms with Gasteiger partial charge in [0, 0.05) is 38.0 Å². The second kappa shape index (κ2) is 8.39. The van der Waals surface area contributed by atoms with Crippen LogP contribution in [-0.4, -0.2) is 67.4 Å². The van der Waals surface area contributed by atoms with Crippen LogP contribution in [0.4, 0.5) is 5.00 Å². The predicted molar refractivity (Wildman–Crippen MR) is 104 cm³/mol. The molecule has 148 valence electrons. The molecule has 7 nitrogen and oxygen atoms in total. The van der Waals surface area contributed by atoms with Gasteiger partial charge < -0.3 is 15.0 Å². The minimum absolute atomic E-state index is 0.0696. The maximum atomic E-state index is 12.6. The molecule has 1 aromatic rings. The molecule has 3 rings (SSSR count). The van der Waals surface area contributed by atoms with Crippen LogP contribution in [0.25, 0.3) is 0 Å². The largest absolute Gasteiger partial charge is 0.465 e. The first-order valence-electron chi connectivity index (χ1n) is 9.39. The van der Waals surface area contributed by atoms with Gasteiger partial charge in [0.05, 0.1) is 19.2 Å². The monoisotopic (exact) mass is 393 g/mol. The molecule has 1 saturated heterocycles. The summed E-state index contributed by atoms with van der Waals surface area (Å²) in [6.07, 6.45) is 2.83. The van der Waals surface area contributed by atoms with Gasteiger partial charge in [0.1, 0.15) is 5.00 Å². The van der Waals surface area contributed by atoms with E-state index in [1.807, 2.05) is 4.90 Å². The van der Waals surface area contributed by atoms with Crippen molar-refractivity contribution in [3.63, 3.8) is 0 Å². The zero-order valence-corrected chi connectivity index (χ0v) is 17.0. The van der Waals surface area contributed by atoms with E-state index in [1.54, 1.807) is 11.8 Å². The van der Waals surface area contributed by atoms with Crippen molar-refractivity contribution < 1.29 is 19.1 Å². The van der Waals surface area contributed by atoms with Crippen molar-refractivity contribution in [1.82, 2.24) is 9.80 Å². The highest BCUT2D eigenvalue weighted by Crippen LogP contribution is 2.40. The fourth-order valence-corrected chi connectivity index (χ4v) is 5.16. The molecule has 2 amide bonds. The van der Waals surface area contributed by atoms with Crippen LogP contribution < -0.4 is 5.32 Å². The van der Waals surface area contributed by atoms with Crippen molar-refractivity contribution in [2.75, 3.05) is 45.2 Å². The summed E-state index contributed by atoms with van der Waals surface area (Å²) in [6, 6.07) is 0. The SMILES string of the molecule is COC(=O)c1c(NC(=O)CN2CCN(C(C)=O)CC2)sc2c1CC[C@@H](C)C2. The molecule has 1 aromatic heterocycles. The topological polar surface area (TPSA) is 79.0 Å². The van der Waals surface area contributed by atoms with Gasteiger partial charge in [0.2, 0.25) is 11.8 Å². The summed E-state index contributed by atoms with van der Waals surface area (Å²) in [7, 11) is 1.37. The third-order valence-electron chi connectivity index (χ3n) is 5.34. The lowest BCUT2D eigenvalue weighted by Gasteiger charge is -2.33. The molecule has 2 aliphatic rings. The first kappa shape index (κ1) is 19.8. The Hall–Kier alpha value is -1.93. The van der Waals surface area contributed by atoms with E-state index in [0.717, 1.165) is 24.8 Å². The van der Waals surface area contributed by atoms with E-state index in [2.05, 4.69) is 12.2 Å². The number of esters is 1. The molecular weight excluding hydrogens is 366 g/mol. The number of fused-ring (bicyclic) bond motifs is 1. The summed E-state index contributed by atoms with van der Waals surface area (Å²) in [5, 5.41) is 3.54. The molecule has 1 aliphatic heterocycles. The highest BCUT2D eigenvalue weighted by atomic mass is 32.1. The molecule has 1 fully saturated rings. The molecule has 0 bridgehead atoms. The molecule has 8 heteroatoms. The van der Waals surface area contributed by atoms with Gasteiger partial charge in [-0.25, -0.2) is 4.79 Å². The molecule has 1 aliphatic carbocycles. The predicted octanol–water partition coefficient (Wildman–Crippen LogP) is 1.76.